The summed E-state index contributed by atoms with van der Waals surface area (Å²) in [6.45, 7) is 0. The Morgan fingerprint density at radius 2 is 0.843 bits per heavy atom. The molecule has 238 valence electrons. The minimum atomic E-state index is 0.599. The molecule has 0 aliphatic rings. The van der Waals surface area contributed by atoms with E-state index in [0.717, 1.165) is 60.5 Å². The number of rotatable bonds is 5. The third-order valence-electron chi connectivity index (χ3n) is 9.71. The fourth-order valence-electron chi connectivity index (χ4n) is 7.12. The minimum Gasteiger partial charge on any atom is -0.455 e. The van der Waals surface area contributed by atoms with Crippen LogP contribution in [0.3, 0.4) is 0 Å². The van der Waals surface area contributed by atoms with Gasteiger partial charge in [-0.25, -0.2) is 15.0 Å². The van der Waals surface area contributed by atoms with E-state index in [9.17, 15) is 0 Å². The first-order valence-electron chi connectivity index (χ1n) is 17.1. The molecule has 0 amide bonds. The monoisotopic (exact) mass is 651 g/mol. The molecule has 8 aromatic carbocycles. The Morgan fingerprint density at radius 3 is 1.51 bits per heavy atom. The zero-order valence-corrected chi connectivity index (χ0v) is 27.5. The van der Waals surface area contributed by atoms with Crippen LogP contribution in [0.5, 0.6) is 0 Å². The molecule has 4 nitrogen and oxygen atoms in total. The zero-order chi connectivity index (χ0) is 33.7. The highest BCUT2D eigenvalue weighted by Crippen LogP contribution is 2.43. The van der Waals surface area contributed by atoms with Crippen molar-refractivity contribution in [2.45, 2.75) is 0 Å². The molecule has 0 spiro atoms. The van der Waals surface area contributed by atoms with E-state index in [2.05, 4.69) is 115 Å². The average molecular weight is 652 g/mol. The number of hydrogen-bond acceptors (Lipinski definition) is 4. The van der Waals surface area contributed by atoms with E-state index in [1.165, 1.54) is 21.9 Å². The second kappa shape index (κ2) is 11.9. The van der Waals surface area contributed by atoms with Gasteiger partial charge in [-0.2, -0.15) is 0 Å². The van der Waals surface area contributed by atoms with Crippen molar-refractivity contribution in [2.75, 3.05) is 0 Å². The van der Waals surface area contributed by atoms with Crippen molar-refractivity contribution in [3.05, 3.63) is 176 Å². The molecule has 0 bridgehead atoms. The normalized spacial score (nSPS) is 11.5. The topological polar surface area (TPSA) is 51.8 Å². The number of hydrogen-bond donors (Lipinski definition) is 0. The Bertz CT molecular complexity index is 2840. The van der Waals surface area contributed by atoms with Gasteiger partial charge in [0, 0.05) is 33.0 Å². The molecular weight excluding hydrogens is 623 g/mol. The fraction of sp³-hybridized carbons (Fsp3) is 0. The van der Waals surface area contributed by atoms with Gasteiger partial charge in [-0.3, -0.25) is 0 Å². The lowest BCUT2D eigenvalue weighted by Crippen LogP contribution is -2.00. The highest BCUT2D eigenvalue weighted by molar-refractivity contribution is 6.18. The van der Waals surface area contributed by atoms with Crippen LogP contribution >= 0.6 is 0 Å². The van der Waals surface area contributed by atoms with Crippen molar-refractivity contribution >= 4 is 43.5 Å². The molecule has 4 heteroatoms. The van der Waals surface area contributed by atoms with Gasteiger partial charge < -0.3 is 4.42 Å². The maximum absolute atomic E-state index is 6.83. The third kappa shape index (κ3) is 5.13. The summed E-state index contributed by atoms with van der Waals surface area (Å²) in [4.78, 5) is 15.1. The van der Waals surface area contributed by atoms with Crippen molar-refractivity contribution in [1.29, 1.82) is 0 Å². The molecule has 51 heavy (non-hydrogen) atoms. The van der Waals surface area contributed by atoms with E-state index in [-0.39, 0.29) is 0 Å². The van der Waals surface area contributed by atoms with Crippen molar-refractivity contribution < 1.29 is 4.42 Å². The van der Waals surface area contributed by atoms with Crippen LogP contribution in [0.2, 0.25) is 0 Å². The van der Waals surface area contributed by atoms with Crippen LogP contribution in [0.1, 0.15) is 0 Å². The van der Waals surface area contributed by atoms with Crippen LogP contribution in [0.25, 0.3) is 99.9 Å². The van der Waals surface area contributed by atoms with Crippen LogP contribution in [-0.2, 0) is 0 Å². The number of aromatic nitrogens is 3. The Kier molecular flexibility index (Phi) is 6.78. The first-order valence-corrected chi connectivity index (χ1v) is 17.1. The molecule has 10 aromatic rings. The van der Waals surface area contributed by atoms with E-state index in [4.69, 9.17) is 19.4 Å². The summed E-state index contributed by atoms with van der Waals surface area (Å²) in [5, 5.41) is 6.75. The van der Waals surface area contributed by atoms with Crippen molar-refractivity contribution in [3.63, 3.8) is 0 Å². The number of furan rings is 1. The maximum atomic E-state index is 6.83. The number of benzene rings is 8. The van der Waals surface area contributed by atoms with Gasteiger partial charge in [0.2, 0.25) is 0 Å². The summed E-state index contributed by atoms with van der Waals surface area (Å²) in [5.41, 5.74) is 8.83. The van der Waals surface area contributed by atoms with Gasteiger partial charge in [-0.05, 0) is 68.6 Å². The van der Waals surface area contributed by atoms with Crippen LogP contribution in [-0.4, -0.2) is 15.0 Å². The van der Waals surface area contributed by atoms with E-state index in [0.29, 0.717) is 17.5 Å². The van der Waals surface area contributed by atoms with Gasteiger partial charge in [-0.15, -0.1) is 0 Å². The Morgan fingerprint density at radius 1 is 0.333 bits per heavy atom. The van der Waals surface area contributed by atoms with Gasteiger partial charge in [0.15, 0.2) is 17.5 Å². The smallest absolute Gasteiger partial charge is 0.164 e. The summed E-state index contributed by atoms with van der Waals surface area (Å²) in [6, 6.07) is 61.1. The molecule has 0 fully saturated rings. The van der Waals surface area contributed by atoms with Gasteiger partial charge >= 0.3 is 0 Å². The van der Waals surface area contributed by atoms with E-state index in [1.807, 2.05) is 60.7 Å². The van der Waals surface area contributed by atoms with Gasteiger partial charge in [0.05, 0.1) is 0 Å². The van der Waals surface area contributed by atoms with E-state index < -0.39 is 0 Å². The largest absolute Gasteiger partial charge is 0.455 e. The second-order valence-electron chi connectivity index (χ2n) is 12.8. The molecule has 0 aliphatic heterocycles. The van der Waals surface area contributed by atoms with E-state index >= 15 is 0 Å². The maximum Gasteiger partial charge on any atom is 0.164 e. The summed E-state index contributed by atoms with van der Waals surface area (Å²) in [5.74, 6) is 1.85. The molecule has 0 saturated heterocycles. The molecule has 0 unspecified atom stereocenters. The van der Waals surface area contributed by atoms with Crippen molar-refractivity contribution in [2.24, 2.45) is 0 Å². The third-order valence-corrected chi connectivity index (χ3v) is 9.71. The zero-order valence-electron chi connectivity index (χ0n) is 27.5. The van der Waals surface area contributed by atoms with Crippen LogP contribution in [0, 0.1) is 0 Å². The number of fused-ring (bicyclic) bond motifs is 5. The molecule has 0 atom stereocenters. The van der Waals surface area contributed by atoms with Crippen LogP contribution < -0.4 is 0 Å². The lowest BCUT2D eigenvalue weighted by molar-refractivity contribution is 0.670. The standard InChI is InChI=1S/C47H29N3O/c1-3-12-33(13-4-1)45-48-46(34-14-5-2-6-15-34)50-47(49-45)40-26-25-39(44-43(40)41-28-36-17-9-10-18-37(36)29-42(41)51-44)32-22-19-31(20-23-32)38-24-21-30-11-7-8-16-35(30)27-38/h1-29H. The minimum absolute atomic E-state index is 0.599. The Labute approximate surface area is 294 Å². The summed E-state index contributed by atoms with van der Waals surface area (Å²) in [6.07, 6.45) is 0. The van der Waals surface area contributed by atoms with Crippen molar-refractivity contribution in [1.82, 2.24) is 15.0 Å². The van der Waals surface area contributed by atoms with Gasteiger partial charge in [0.25, 0.3) is 0 Å². The quantitative estimate of drug-likeness (QED) is 0.186. The average Bonchev–Trinajstić information content (AvgIpc) is 3.58. The highest BCUT2D eigenvalue weighted by Gasteiger charge is 2.21. The first-order chi connectivity index (χ1) is 25.2. The molecule has 2 heterocycles. The molecule has 2 aromatic heterocycles. The Balaban J connectivity index is 1.19. The predicted octanol–water partition coefficient (Wildman–Crippen LogP) is 12.4. The molecule has 0 radical (unpaired) electrons. The van der Waals surface area contributed by atoms with Crippen molar-refractivity contribution in [3.8, 4) is 56.4 Å². The Hall–Kier alpha value is -6.91. The van der Waals surface area contributed by atoms with Gasteiger partial charge in [-0.1, -0.05) is 146 Å². The van der Waals surface area contributed by atoms with Crippen LogP contribution in [0.4, 0.5) is 0 Å². The highest BCUT2D eigenvalue weighted by atomic mass is 16.3. The summed E-state index contributed by atoms with van der Waals surface area (Å²) >= 11 is 0. The molecule has 0 N–H and O–H groups in total. The number of nitrogens with zero attached hydrogens (tertiary/aromatic N) is 3. The fourth-order valence-corrected chi connectivity index (χ4v) is 7.12. The summed E-state index contributed by atoms with van der Waals surface area (Å²) < 4.78 is 6.83. The van der Waals surface area contributed by atoms with Crippen LogP contribution in [0.15, 0.2) is 180 Å². The summed E-state index contributed by atoms with van der Waals surface area (Å²) in [7, 11) is 0. The SMILES string of the molecule is c1ccc(-c2nc(-c3ccccc3)nc(-c3ccc(-c4ccc(-c5ccc6ccccc6c5)cc4)c4oc5cc6ccccc6cc5c34)n2)cc1. The molecule has 0 aliphatic carbocycles. The first kappa shape index (κ1) is 29.0. The predicted molar refractivity (Wildman–Crippen MR) is 209 cm³/mol. The second-order valence-corrected chi connectivity index (χ2v) is 12.8. The molecular formula is C47H29N3O. The lowest BCUT2D eigenvalue weighted by Gasteiger charge is -2.11. The van der Waals surface area contributed by atoms with E-state index in [1.54, 1.807) is 0 Å². The molecule has 10 rings (SSSR count). The molecule has 0 saturated carbocycles. The van der Waals surface area contributed by atoms with Gasteiger partial charge in [0.1, 0.15) is 11.2 Å². The lowest BCUT2D eigenvalue weighted by atomic mass is 9.95.